The van der Waals surface area contributed by atoms with Gasteiger partial charge in [-0.05, 0) is 42.3 Å². The smallest absolute Gasteiger partial charge is 0.335 e. The van der Waals surface area contributed by atoms with Crippen LogP contribution in [0.25, 0.3) is 5.65 Å². The van der Waals surface area contributed by atoms with Gasteiger partial charge in [0.15, 0.2) is 0 Å². The van der Waals surface area contributed by atoms with Crippen molar-refractivity contribution in [1.29, 1.82) is 0 Å². The number of pyridine rings is 1. The first-order valence-corrected chi connectivity index (χ1v) is 7.09. The number of aromatic carboxylic acids is 1. The highest BCUT2D eigenvalue weighted by Gasteiger charge is 2.12. The van der Waals surface area contributed by atoms with E-state index in [9.17, 15) is 9.59 Å². The van der Waals surface area contributed by atoms with Gasteiger partial charge in [-0.3, -0.25) is 9.20 Å². The van der Waals surface area contributed by atoms with Crippen LogP contribution in [0.15, 0.2) is 48.8 Å². The second-order valence-corrected chi connectivity index (χ2v) is 5.20. The largest absolute Gasteiger partial charge is 0.478 e. The highest BCUT2D eigenvalue weighted by molar-refractivity contribution is 5.93. The second kappa shape index (κ2) is 5.92. The van der Waals surface area contributed by atoms with E-state index >= 15 is 0 Å². The van der Waals surface area contributed by atoms with Gasteiger partial charge in [0.2, 0.25) is 0 Å². The lowest BCUT2D eigenvalue weighted by atomic mass is 10.0. The Morgan fingerprint density at radius 2 is 2.09 bits per heavy atom. The fourth-order valence-corrected chi connectivity index (χ4v) is 2.36. The van der Waals surface area contributed by atoms with E-state index in [4.69, 9.17) is 5.11 Å². The lowest BCUT2D eigenvalue weighted by Crippen LogP contribution is -2.24. The molecule has 1 amide bonds. The van der Waals surface area contributed by atoms with Gasteiger partial charge in [0.05, 0.1) is 11.8 Å². The van der Waals surface area contributed by atoms with Crippen molar-refractivity contribution in [3.05, 3.63) is 71.2 Å². The molecule has 3 rings (SSSR count). The van der Waals surface area contributed by atoms with Crippen molar-refractivity contribution in [2.75, 3.05) is 0 Å². The van der Waals surface area contributed by atoms with Gasteiger partial charge in [-0.1, -0.05) is 12.1 Å². The summed E-state index contributed by atoms with van der Waals surface area (Å²) in [7, 11) is 0. The fourth-order valence-electron chi connectivity index (χ4n) is 2.36. The minimum Gasteiger partial charge on any atom is -0.478 e. The summed E-state index contributed by atoms with van der Waals surface area (Å²) in [5.74, 6) is -1.25. The maximum Gasteiger partial charge on any atom is 0.335 e. The van der Waals surface area contributed by atoms with Crippen molar-refractivity contribution in [3.8, 4) is 0 Å². The number of benzene rings is 1. The van der Waals surface area contributed by atoms with E-state index in [1.54, 1.807) is 28.8 Å². The standard InChI is InChI=1S/C17H15N3O3/c1-11-5-6-12(17(22)23)8-13(11)9-19-16(21)14-10-18-15-4-2-3-7-20(14)15/h2-8,10H,9H2,1H3,(H,19,21)(H,22,23). The van der Waals surface area contributed by atoms with Crippen LogP contribution in [0.3, 0.4) is 0 Å². The molecule has 0 radical (unpaired) electrons. The maximum absolute atomic E-state index is 12.3. The van der Waals surface area contributed by atoms with Crippen LogP contribution >= 0.6 is 0 Å². The van der Waals surface area contributed by atoms with Gasteiger partial charge < -0.3 is 10.4 Å². The molecule has 0 fully saturated rings. The van der Waals surface area contributed by atoms with Crippen LogP contribution in [-0.2, 0) is 6.54 Å². The summed E-state index contributed by atoms with van der Waals surface area (Å²) in [6.45, 7) is 2.13. The monoisotopic (exact) mass is 309 g/mol. The lowest BCUT2D eigenvalue weighted by Gasteiger charge is -2.09. The molecule has 0 atom stereocenters. The third-order valence-electron chi connectivity index (χ3n) is 3.69. The summed E-state index contributed by atoms with van der Waals surface area (Å²) in [6.07, 6.45) is 3.29. The molecule has 0 saturated heterocycles. The number of rotatable bonds is 4. The summed E-state index contributed by atoms with van der Waals surface area (Å²) < 4.78 is 1.70. The number of aromatic nitrogens is 2. The Bertz CT molecular complexity index is 899. The summed E-state index contributed by atoms with van der Waals surface area (Å²) in [5, 5.41) is 11.9. The van der Waals surface area contributed by atoms with Crippen molar-refractivity contribution >= 4 is 17.5 Å². The number of imidazole rings is 1. The van der Waals surface area contributed by atoms with Gasteiger partial charge in [0.1, 0.15) is 11.3 Å². The number of nitrogens with zero attached hydrogens (tertiary/aromatic N) is 2. The van der Waals surface area contributed by atoms with Crippen molar-refractivity contribution < 1.29 is 14.7 Å². The van der Waals surface area contributed by atoms with Crippen LogP contribution in [0.5, 0.6) is 0 Å². The molecule has 0 aliphatic heterocycles. The summed E-state index contributed by atoms with van der Waals surface area (Å²) >= 11 is 0. The third-order valence-corrected chi connectivity index (χ3v) is 3.69. The Balaban J connectivity index is 1.79. The molecule has 0 saturated carbocycles. The average molecular weight is 309 g/mol. The number of fused-ring (bicyclic) bond motifs is 1. The van der Waals surface area contributed by atoms with Crippen molar-refractivity contribution in [3.63, 3.8) is 0 Å². The number of carboxylic acid groups (broad SMARTS) is 1. The zero-order valence-corrected chi connectivity index (χ0v) is 12.5. The Morgan fingerprint density at radius 1 is 1.26 bits per heavy atom. The van der Waals surface area contributed by atoms with Gasteiger partial charge in [0, 0.05) is 12.7 Å². The number of amides is 1. The number of carboxylic acids is 1. The molecule has 0 aliphatic carbocycles. The van der Waals surface area contributed by atoms with E-state index in [0.29, 0.717) is 11.3 Å². The minimum atomic E-state index is -0.987. The van der Waals surface area contributed by atoms with Gasteiger partial charge in [-0.15, -0.1) is 0 Å². The summed E-state index contributed by atoms with van der Waals surface area (Å²) in [6, 6.07) is 10.4. The number of aryl methyl sites for hydroxylation is 1. The predicted octanol–water partition coefficient (Wildman–Crippen LogP) is 2.27. The van der Waals surface area contributed by atoms with Gasteiger partial charge in [-0.2, -0.15) is 0 Å². The SMILES string of the molecule is Cc1ccc(C(=O)O)cc1CNC(=O)c1cnc2ccccn12. The van der Waals surface area contributed by atoms with Crippen LogP contribution < -0.4 is 5.32 Å². The Kier molecular flexibility index (Phi) is 3.80. The molecule has 23 heavy (non-hydrogen) atoms. The third kappa shape index (κ3) is 2.91. The topological polar surface area (TPSA) is 83.7 Å². The summed E-state index contributed by atoms with van der Waals surface area (Å²) in [5.41, 5.74) is 3.03. The van der Waals surface area contributed by atoms with Gasteiger partial charge in [0.25, 0.3) is 5.91 Å². The molecule has 116 valence electrons. The molecule has 3 aromatic rings. The summed E-state index contributed by atoms with van der Waals surface area (Å²) in [4.78, 5) is 27.5. The highest BCUT2D eigenvalue weighted by Crippen LogP contribution is 2.12. The van der Waals surface area contributed by atoms with Crippen LogP contribution in [0, 0.1) is 6.92 Å². The normalized spacial score (nSPS) is 10.7. The molecular formula is C17H15N3O3. The molecule has 0 spiro atoms. The quantitative estimate of drug-likeness (QED) is 0.774. The van der Waals surface area contributed by atoms with Gasteiger partial charge in [-0.25, -0.2) is 9.78 Å². The first-order chi connectivity index (χ1) is 11.1. The molecule has 2 aromatic heterocycles. The van der Waals surface area contributed by atoms with Crippen LogP contribution in [0.1, 0.15) is 32.0 Å². The molecule has 1 aromatic carbocycles. The number of hydrogen-bond donors (Lipinski definition) is 2. The maximum atomic E-state index is 12.3. The highest BCUT2D eigenvalue weighted by atomic mass is 16.4. The van der Waals surface area contributed by atoms with Crippen molar-refractivity contribution in [2.45, 2.75) is 13.5 Å². The van der Waals surface area contributed by atoms with E-state index in [-0.39, 0.29) is 18.0 Å². The Labute approximate surface area is 132 Å². The van der Waals surface area contributed by atoms with Gasteiger partial charge >= 0.3 is 5.97 Å². The van der Waals surface area contributed by atoms with Crippen molar-refractivity contribution in [2.24, 2.45) is 0 Å². The first kappa shape index (κ1) is 14.8. The fraction of sp³-hybridized carbons (Fsp3) is 0.118. The predicted molar refractivity (Wildman–Crippen MR) is 84.5 cm³/mol. The van der Waals surface area contributed by atoms with Crippen LogP contribution in [-0.4, -0.2) is 26.4 Å². The number of nitrogens with one attached hydrogen (secondary N) is 1. The molecule has 0 unspecified atom stereocenters. The molecule has 6 heteroatoms. The van der Waals surface area contributed by atoms with E-state index in [0.717, 1.165) is 11.1 Å². The molecule has 0 aliphatic rings. The van der Waals surface area contributed by atoms with Crippen LogP contribution in [0.4, 0.5) is 0 Å². The molecule has 0 bridgehead atoms. The lowest BCUT2D eigenvalue weighted by molar-refractivity contribution is 0.0696. The molecule has 2 heterocycles. The van der Waals surface area contributed by atoms with E-state index < -0.39 is 5.97 Å². The minimum absolute atomic E-state index is 0.203. The second-order valence-electron chi connectivity index (χ2n) is 5.20. The number of carbonyl (C=O) groups is 2. The molecular weight excluding hydrogens is 294 g/mol. The Hall–Kier alpha value is -3.15. The Morgan fingerprint density at radius 3 is 2.87 bits per heavy atom. The molecule has 2 N–H and O–H groups in total. The number of hydrogen-bond acceptors (Lipinski definition) is 3. The van der Waals surface area contributed by atoms with E-state index in [1.165, 1.54) is 6.20 Å². The average Bonchev–Trinajstić information content (AvgIpc) is 2.97. The van der Waals surface area contributed by atoms with Crippen LogP contribution in [0.2, 0.25) is 0 Å². The number of carbonyl (C=O) groups excluding carboxylic acids is 1. The van der Waals surface area contributed by atoms with E-state index in [2.05, 4.69) is 10.3 Å². The molecule has 6 nitrogen and oxygen atoms in total. The van der Waals surface area contributed by atoms with E-state index in [1.807, 2.05) is 25.1 Å². The first-order valence-electron chi connectivity index (χ1n) is 7.09. The zero-order valence-electron chi connectivity index (χ0n) is 12.5. The van der Waals surface area contributed by atoms with Crippen molar-refractivity contribution in [1.82, 2.24) is 14.7 Å². The zero-order chi connectivity index (χ0) is 16.4.